The van der Waals surface area contributed by atoms with Crippen LogP contribution in [0.2, 0.25) is 0 Å². The number of nitrogens with zero attached hydrogens (tertiary/aromatic N) is 1. The predicted octanol–water partition coefficient (Wildman–Crippen LogP) is 1.81. The molecule has 4 nitrogen and oxygen atoms in total. The fourth-order valence-electron chi connectivity index (χ4n) is 2.32. The minimum Gasteiger partial charge on any atom is -0.381 e. The van der Waals surface area contributed by atoms with Gasteiger partial charge >= 0.3 is 0 Å². The molecule has 1 aliphatic rings. The van der Waals surface area contributed by atoms with Gasteiger partial charge in [0.1, 0.15) is 0 Å². The van der Waals surface area contributed by atoms with Crippen LogP contribution in [0.4, 0.5) is 0 Å². The van der Waals surface area contributed by atoms with Gasteiger partial charge in [0.05, 0.1) is 6.20 Å². The fraction of sp³-hybridized carbons (Fsp3) is 0.769. The molecule has 1 aromatic rings. The Morgan fingerprint density at radius 1 is 1.47 bits per heavy atom. The summed E-state index contributed by atoms with van der Waals surface area (Å²) in [6.45, 7) is 5.03. The van der Waals surface area contributed by atoms with Crippen LogP contribution in [0, 0.1) is 6.92 Å². The largest absolute Gasteiger partial charge is 0.381 e. The van der Waals surface area contributed by atoms with Gasteiger partial charge in [0.15, 0.2) is 0 Å². The van der Waals surface area contributed by atoms with Crippen LogP contribution < -0.4 is 5.32 Å². The van der Waals surface area contributed by atoms with Crippen LogP contribution in [-0.2, 0) is 11.2 Å². The summed E-state index contributed by atoms with van der Waals surface area (Å²) in [4.78, 5) is 0. The third-order valence-corrected chi connectivity index (χ3v) is 3.44. The van der Waals surface area contributed by atoms with Crippen LogP contribution in [0.1, 0.15) is 36.9 Å². The summed E-state index contributed by atoms with van der Waals surface area (Å²) in [5.74, 6) is 0. The van der Waals surface area contributed by atoms with Crippen LogP contribution in [0.5, 0.6) is 0 Å². The summed E-state index contributed by atoms with van der Waals surface area (Å²) in [5.41, 5.74) is 2.55. The van der Waals surface area contributed by atoms with Gasteiger partial charge in [-0.1, -0.05) is 0 Å². The highest BCUT2D eigenvalue weighted by atomic mass is 16.5. The maximum Gasteiger partial charge on any atom is 0.0522 e. The maximum absolute atomic E-state index is 5.45. The van der Waals surface area contributed by atoms with Gasteiger partial charge in [0.2, 0.25) is 0 Å². The normalized spacial score (nSPS) is 21.4. The summed E-state index contributed by atoms with van der Waals surface area (Å²) >= 11 is 0. The van der Waals surface area contributed by atoms with E-state index < -0.39 is 0 Å². The molecular weight excluding hydrogens is 214 g/mol. The average molecular weight is 237 g/mol. The average Bonchev–Trinajstić information content (AvgIpc) is 2.60. The molecule has 17 heavy (non-hydrogen) atoms. The summed E-state index contributed by atoms with van der Waals surface area (Å²) in [6, 6.07) is 0.656. The van der Waals surface area contributed by atoms with E-state index in [2.05, 4.69) is 22.4 Å². The van der Waals surface area contributed by atoms with Crippen molar-refractivity contribution in [3.05, 3.63) is 17.5 Å². The van der Waals surface area contributed by atoms with Crippen molar-refractivity contribution in [2.24, 2.45) is 0 Å². The number of hydrogen-bond acceptors (Lipinski definition) is 3. The lowest BCUT2D eigenvalue weighted by atomic mass is 10.1. The van der Waals surface area contributed by atoms with Crippen molar-refractivity contribution in [3.8, 4) is 0 Å². The Morgan fingerprint density at radius 2 is 2.41 bits per heavy atom. The van der Waals surface area contributed by atoms with E-state index in [1.807, 2.05) is 6.20 Å². The Bertz CT molecular complexity index is 316. The van der Waals surface area contributed by atoms with Crippen molar-refractivity contribution in [2.45, 2.75) is 45.1 Å². The lowest BCUT2D eigenvalue weighted by Crippen LogP contribution is -2.30. The highest BCUT2D eigenvalue weighted by Gasteiger charge is 2.11. The van der Waals surface area contributed by atoms with E-state index in [1.54, 1.807) is 0 Å². The molecule has 1 aromatic heterocycles. The molecule has 0 aromatic carbocycles. The van der Waals surface area contributed by atoms with Crippen molar-refractivity contribution in [1.29, 1.82) is 0 Å². The first-order chi connectivity index (χ1) is 8.36. The monoisotopic (exact) mass is 237 g/mol. The topological polar surface area (TPSA) is 49.9 Å². The molecule has 4 heteroatoms. The van der Waals surface area contributed by atoms with Crippen LogP contribution in [-0.4, -0.2) is 36.0 Å². The molecule has 1 atom stereocenters. The molecule has 1 unspecified atom stereocenters. The van der Waals surface area contributed by atoms with E-state index >= 15 is 0 Å². The van der Waals surface area contributed by atoms with Crippen molar-refractivity contribution >= 4 is 0 Å². The second-order valence-electron chi connectivity index (χ2n) is 4.82. The quantitative estimate of drug-likeness (QED) is 0.768. The second kappa shape index (κ2) is 6.77. The number of aromatic nitrogens is 2. The number of H-pyrrole nitrogens is 1. The third-order valence-electron chi connectivity index (χ3n) is 3.44. The highest BCUT2D eigenvalue weighted by Crippen LogP contribution is 2.09. The molecule has 96 valence electrons. The first kappa shape index (κ1) is 12.6. The number of ether oxygens (including phenoxy) is 1. The fourth-order valence-corrected chi connectivity index (χ4v) is 2.32. The first-order valence-corrected chi connectivity index (χ1v) is 6.66. The smallest absolute Gasteiger partial charge is 0.0522 e. The summed E-state index contributed by atoms with van der Waals surface area (Å²) < 4.78 is 5.45. The number of aryl methyl sites for hydroxylation is 2. The maximum atomic E-state index is 5.45. The van der Waals surface area contributed by atoms with Crippen molar-refractivity contribution in [1.82, 2.24) is 15.5 Å². The molecule has 1 aliphatic heterocycles. The molecule has 0 spiro atoms. The van der Waals surface area contributed by atoms with E-state index in [0.717, 1.165) is 32.6 Å². The van der Waals surface area contributed by atoms with Crippen LogP contribution in [0.3, 0.4) is 0 Å². The van der Waals surface area contributed by atoms with E-state index in [4.69, 9.17) is 4.74 Å². The van der Waals surface area contributed by atoms with E-state index in [1.165, 1.54) is 30.5 Å². The molecule has 1 saturated heterocycles. The number of nitrogens with one attached hydrogen (secondary N) is 2. The summed E-state index contributed by atoms with van der Waals surface area (Å²) in [7, 11) is 0. The van der Waals surface area contributed by atoms with Gasteiger partial charge in [-0.2, -0.15) is 5.10 Å². The van der Waals surface area contributed by atoms with Crippen molar-refractivity contribution in [3.63, 3.8) is 0 Å². The Labute approximate surface area is 103 Å². The second-order valence-corrected chi connectivity index (χ2v) is 4.82. The third kappa shape index (κ3) is 4.13. The van der Waals surface area contributed by atoms with Crippen LogP contribution in [0.15, 0.2) is 6.20 Å². The predicted molar refractivity (Wildman–Crippen MR) is 68.1 cm³/mol. The lowest BCUT2D eigenvalue weighted by molar-refractivity contribution is 0.142. The van der Waals surface area contributed by atoms with Gasteiger partial charge in [-0.15, -0.1) is 0 Å². The van der Waals surface area contributed by atoms with Crippen LogP contribution in [0.25, 0.3) is 0 Å². The SMILES string of the molecule is Cc1[nH]ncc1CCCNC1CCCOCC1. The number of rotatable bonds is 5. The Morgan fingerprint density at radius 3 is 3.24 bits per heavy atom. The minimum atomic E-state index is 0.656. The first-order valence-electron chi connectivity index (χ1n) is 6.66. The van der Waals surface area contributed by atoms with Crippen molar-refractivity contribution in [2.75, 3.05) is 19.8 Å². The molecule has 2 rings (SSSR count). The summed E-state index contributed by atoms with van der Waals surface area (Å²) in [6.07, 6.45) is 7.83. The minimum absolute atomic E-state index is 0.656. The molecule has 2 N–H and O–H groups in total. The van der Waals surface area contributed by atoms with E-state index in [0.29, 0.717) is 6.04 Å². The molecule has 0 bridgehead atoms. The van der Waals surface area contributed by atoms with Crippen LogP contribution >= 0.6 is 0 Å². The molecule has 1 fully saturated rings. The van der Waals surface area contributed by atoms with E-state index in [9.17, 15) is 0 Å². The highest BCUT2D eigenvalue weighted by molar-refractivity contribution is 5.14. The van der Waals surface area contributed by atoms with Gasteiger partial charge in [0.25, 0.3) is 0 Å². The molecular formula is C13H23N3O. The number of aromatic amines is 1. The zero-order valence-electron chi connectivity index (χ0n) is 10.7. The summed E-state index contributed by atoms with van der Waals surface area (Å²) in [5, 5.41) is 10.7. The zero-order chi connectivity index (χ0) is 11.9. The molecule has 0 aliphatic carbocycles. The van der Waals surface area contributed by atoms with Gasteiger partial charge in [-0.25, -0.2) is 0 Å². The van der Waals surface area contributed by atoms with Gasteiger partial charge < -0.3 is 10.1 Å². The van der Waals surface area contributed by atoms with Gasteiger partial charge in [0, 0.05) is 24.9 Å². The molecule has 0 amide bonds. The Balaban J connectivity index is 1.61. The molecule has 0 saturated carbocycles. The molecule has 2 heterocycles. The Hall–Kier alpha value is -0.870. The van der Waals surface area contributed by atoms with Gasteiger partial charge in [-0.05, 0) is 51.1 Å². The number of hydrogen-bond donors (Lipinski definition) is 2. The Kier molecular flexibility index (Phi) is 5.01. The molecule has 0 radical (unpaired) electrons. The van der Waals surface area contributed by atoms with Gasteiger partial charge in [-0.3, -0.25) is 5.10 Å². The lowest BCUT2D eigenvalue weighted by Gasteiger charge is -2.15. The standard InChI is InChI=1S/C13H23N3O/c1-11-12(10-15-16-11)4-2-7-14-13-5-3-8-17-9-6-13/h10,13-14H,2-9H2,1H3,(H,15,16). The zero-order valence-corrected chi connectivity index (χ0v) is 10.7. The van der Waals surface area contributed by atoms with E-state index in [-0.39, 0.29) is 0 Å². The van der Waals surface area contributed by atoms with Crippen molar-refractivity contribution < 1.29 is 4.74 Å².